The minimum absolute atomic E-state index is 0.0480. The summed E-state index contributed by atoms with van der Waals surface area (Å²) in [5.74, 6) is 0.279. The van der Waals surface area contributed by atoms with Crippen molar-refractivity contribution in [3.63, 3.8) is 0 Å². The van der Waals surface area contributed by atoms with E-state index in [0.717, 1.165) is 18.4 Å². The Morgan fingerprint density at radius 2 is 1.89 bits per heavy atom. The van der Waals surface area contributed by atoms with E-state index in [2.05, 4.69) is 18.2 Å². The molecule has 0 N–H and O–H groups in total. The van der Waals surface area contributed by atoms with E-state index in [1.165, 1.54) is 29.5 Å². The van der Waals surface area contributed by atoms with Crippen molar-refractivity contribution in [3.05, 3.63) is 35.5 Å². The van der Waals surface area contributed by atoms with Crippen LogP contribution in [0.15, 0.2) is 24.3 Å². The number of fused-ring (bicyclic) bond motifs is 3. The van der Waals surface area contributed by atoms with Crippen LogP contribution in [0.5, 0.6) is 0 Å². The Balaban J connectivity index is 2.32. The minimum Gasteiger partial charge on any atom is -0.284 e. The molecule has 1 aromatic carbocycles. The van der Waals surface area contributed by atoms with Gasteiger partial charge in [0, 0.05) is 17.0 Å². The number of nitrogens with zero attached hydrogens (tertiary/aromatic N) is 1. The Morgan fingerprint density at radius 3 is 2.67 bits per heavy atom. The highest BCUT2D eigenvalue weighted by atomic mass is 16.2. The molecule has 1 aliphatic carbocycles. The van der Waals surface area contributed by atoms with Crippen molar-refractivity contribution in [1.29, 1.82) is 0 Å². The van der Waals surface area contributed by atoms with Crippen LogP contribution in [0, 0.1) is 5.92 Å². The maximum atomic E-state index is 12.5. The molecule has 1 aromatic heterocycles. The Bertz CT molecular complexity index is 607. The Morgan fingerprint density at radius 1 is 1.17 bits per heavy atom. The van der Waals surface area contributed by atoms with Crippen LogP contribution in [0.1, 0.15) is 42.7 Å². The van der Waals surface area contributed by atoms with Crippen molar-refractivity contribution in [2.24, 2.45) is 5.92 Å². The van der Waals surface area contributed by atoms with Crippen LogP contribution in [-0.2, 0) is 12.8 Å². The van der Waals surface area contributed by atoms with Gasteiger partial charge in [-0.05, 0) is 37.3 Å². The standard InChI is InChI=1S/C16H19NO/c1-11(2)16(18)17-14-9-5-3-7-12(14)13-8-4-6-10-15(13)17/h3,5,7,9,11H,4,6,8,10H2,1-2H3. The fraction of sp³-hybridized carbons (Fsp3) is 0.438. The molecule has 0 unspecified atom stereocenters. The van der Waals surface area contributed by atoms with Gasteiger partial charge in [-0.25, -0.2) is 0 Å². The van der Waals surface area contributed by atoms with Gasteiger partial charge in [0.15, 0.2) is 0 Å². The van der Waals surface area contributed by atoms with Crippen LogP contribution in [0.25, 0.3) is 10.9 Å². The maximum Gasteiger partial charge on any atom is 0.233 e. The number of rotatable bonds is 1. The molecule has 2 heteroatoms. The van der Waals surface area contributed by atoms with Gasteiger partial charge in [0.1, 0.15) is 0 Å². The van der Waals surface area contributed by atoms with Crippen LogP contribution >= 0.6 is 0 Å². The molecular formula is C16H19NO. The second kappa shape index (κ2) is 4.27. The van der Waals surface area contributed by atoms with E-state index in [1.54, 1.807) is 0 Å². The molecule has 1 heterocycles. The van der Waals surface area contributed by atoms with Crippen LogP contribution in [0.2, 0.25) is 0 Å². The molecule has 0 saturated carbocycles. The van der Waals surface area contributed by atoms with Crippen LogP contribution in [0.3, 0.4) is 0 Å². The third-order valence-corrected chi connectivity index (χ3v) is 3.89. The predicted molar refractivity (Wildman–Crippen MR) is 74.0 cm³/mol. The monoisotopic (exact) mass is 241 g/mol. The lowest BCUT2D eigenvalue weighted by Crippen LogP contribution is -2.20. The summed E-state index contributed by atoms with van der Waals surface area (Å²) in [6.07, 6.45) is 4.61. The third kappa shape index (κ3) is 1.59. The van der Waals surface area contributed by atoms with Crippen molar-refractivity contribution < 1.29 is 4.79 Å². The van der Waals surface area contributed by atoms with Gasteiger partial charge in [-0.2, -0.15) is 0 Å². The number of aromatic nitrogens is 1. The summed E-state index contributed by atoms with van der Waals surface area (Å²) >= 11 is 0. The first kappa shape index (κ1) is 11.5. The number of hydrogen-bond donors (Lipinski definition) is 0. The molecule has 0 bridgehead atoms. The first-order valence-electron chi connectivity index (χ1n) is 6.85. The smallest absolute Gasteiger partial charge is 0.233 e. The van der Waals surface area contributed by atoms with Gasteiger partial charge in [-0.1, -0.05) is 32.0 Å². The summed E-state index contributed by atoms with van der Waals surface area (Å²) in [5.41, 5.74) is 3.77. The molecule has 18 heavy (non-hydrogen) atoms. The summed E-state index contributed by atoms with van der Waals surface area (Å²) in [7, 11) is 0. The third-order valence-electron chi connectivity index (χ3n) is 3.89. The fourth-order valence-electron chi connectivity index (χ4n) is 3.01. The number of para-hydroxylation sites is 1. The zero-order chi connectivity index (χ0) is 12.7. The Kier molecular flexibility index (Phi) is 2.73. The highest BCUT2D eigenvalue weighted by molar-refractivity contribution is 5.96. The molecular weight excluding hydrogens is 222 g/mol. The molecule has 0 radical (unpaired) electrons. The molecule has 3 rings (SSSR count). The van der Waals surface area contributed by atoms with E-state index >= 15 is 0 Å². The Labute approximate surface area is 108 Å². The first-order valence-corrected chi connectivity index (χ1v) is 6.85. The van der Waals surface area contributed by atoms with Gasteiger partial charge < -0.3 is 0 Å². The molecule has 2 nitrogen and oxygen atoms in total. The van der Waals surface area contributed by atoms with Gasteiger partial charge in [0.2, 0.25) is 5.91 Å². The van der Waals surface area contributed by atoms with Gasteiger partial charge in [-0.3, -0.25) is 9.36 Å². The van der Waals surface area contributed by atoms with Crippen molar-refractivity contribution in [2.45, 2.75) is 39.5 Å². The highest BCUT2D eigenvalue weighted by Gasteiger charge is 2.23. The Hall–Kier alpha value is -1.57. The molecule has 0 saturated heterocycles. The van der Waals surface area contributed by atoms with Gasteiger partial charge in [-0.15, -0.1) is 0 Å². The quantitative estimate of drug-likeness (QED) is 0.744. The van der Waals surface area contributed by atoms with E-state index in [0.29, 0.717) is 0 Å². The van der Waals surface area contributed by atoms with Gasteiger partial charge in [0.25, 0.3) is 0 Å². The summed E-state index contributed by atoms with van der Waals surface area (Å²) in [4.78, 5) is 12.5. The summed E-state index contributed by atoms with van der Waals surface area (Å²) < 4.78 is 1.98. The summed E-state index contributed by atoms with van der Waals surface area (Å²) in [5, 5.41) is 1.28. The molecule has 0 atom stereocenters. The predicted octanol–water partition coefficient (Wildman–Crippen LogP) is 3.82. The van der Waals surface area contributed by atoms with Crippen LogP contribution in [-0.4, -0.2) is 10.5 Å². The summed E-state index contributed by atoms with van der Waals surface area (Å²) in [6, 6.07) is 8.33. The van der Waals surface area contributed by atoms with E-state index in [1.807, 2.05) is 24.5 Å². The topological polar surface area (TPSA) is 22.0 Å². The maximum absolute atomic E-state index is 12.5. The largest absolute Gasteiger partial charge is 0.284 e. The average Bonchev–Trinajstić information content (AvgIpc) is 2.72. The van der Waals surface area contributed by atoms with Crippen molar-refractivity contribution in [2.75, 3.05) is 0 Å². The van der Waals surface area contributed by atoms with E-state index < -0.39 is 0 Å². The molecule has 0 spiro atoms. The lowest BCUT2D eigenvalue weighted by molar-refractivity contribution is 0.0857. The molecule has 0 aliphatic heterocycles. The molecule has 2 aromatic rings. The number of carbonyl (C=O) groups is 1. The fourth-order valence-corrected chi connectivity index (χ4v) is 3.01. The first-order chi connectivity index (χ1) is 8.70. The normalized spacial score (nSPS) is 15.1. The van der Waals surface area contributed by atoms with Crippen molar-refractivity contribution >= 4 is 16.8 Å². The van der Waals surface area contributed by atoms with Gasteiger partial charge >= 0.3 is 0 Å². The minimum atomic E-state index is 0.0480. The van der Waals surface area contributed by atoms with Crippen LogP contribution < -0.4 is 0 Å². The summed E-state index contributed by atoms with van der Waals surface area (Å²) in [6.45, 7) is 3.96. The number of carbonyl (C=O) groups excluding carboxylic acids is 1. The van der Waals surface area contributed by atoms with Crippen molar-refractivity contribution in [1.82, 2.24) is 4.57 Å². The SMILES string of the molecule is CC(C)C(=O)n1c2c(c3ccccc31)CCCC2. The lowest BCUT2D eigenvalue weighted by atomic mass is 9.95. The van der Waals surface area contributed by atoms with Crippen molar-refractivity contribution in [3.8, 4) is 0 Å². The highest BCUT2D eigenvalue weighted by Crippen LogP contribution is 2.32. The number of aryl methyl sites for hydroxylation is 1. The molecule has 1 aliphatic rings. The van der Waals surface area contributed by atoms with E-state index in [4.69, 9.17) is 0 Å². The van der Waals surface area contributed by atoms with Gasteiger partial charge in [0.05, 0.1) is 5.52 Å². The number of benzene rings is 1. The lowest BCUT2D eigenvalue weighted by Gasteiger charge is -2.16. The molecule has 94 valence electrons. The second-order valence-electron chi connectivity index (χ2n) is 5.48. The second-order valence-corrected chi connectivity index (χ2v) is 5.48. The van der Waals surface area contributed by atoms with Crippen LogP contribution in [0.4, 0.5) is 0 Å². The number of hydrogen-bond acceptors (Lipinski definition) is 1. The molecule has 0 amide bonds. The molecule has 0 fully saturated rings. The zero-order valence-corrected chi connectivity index (χ0v) is 11.1. The zero-order valence-electron chi connectivity index (χ0n) is 11.1. The van der Waals surface area contributed by atoms with E-state index in [9.17, 15) is 4.79 Å². The average molecular weight is 241 g/mol. The van der Waals surface area contributed by atoms with E-state index in [-0.39, 0.29) is 11.8 Å².